The molecular weight excluding hydrogens is 260 g/mol. The third-order valence-corrected chi connectivity index (χ3v) is 5.01. The summed E-state index contributed by atoms with van der Waals surface area (Å²) in [7, 11) is 0. The van der Waals surface area contributed by atoms with Gasteiger partial charge in [0.05, 0.1) is 6.61 Å². The van der Waals surface area contributed by atoms with Crippen molar-refractivity contribution in [3.8, 4) is 0 Å². The predicted octanol–water partition coefficient (Wildman–Crippen LogP) is 2.88. The number of aliphatic hydroxyl groups excluding tert-OH is 1. The number of anilines is 1. The SMILES string of the molecule is CCCN1CC(CC2CCCNC2)c2cc(CO)ccc21. The molecule has 2 atom stereocenters. The van der Waals surface area contributed by atoms with Gasteiger partial charge in [0.15, 0.2) is 0 Å². The van der Waals surface area contributed by atoms with Crippen molar-refractivity contribution in [2.75, 3.05) is 31.1 Å². The molecule has 2 N–H and O–H groups in total. The minimum Gasteiger partial charge on any atom is -0.392 e. The number of benzene rings is 1. The molecule has 0 aliphatic carbocycles. The fourth-order valence-corrected chi connectivity index (χ4v) is 3.99. The zero-order valence-electron chi connectivity index (χ0n) is 13.1. The molecule has 0 spiro atoms. The van der Waals surface area contributed by atoms with Crippen LogP contribution >= 0.6 is 0 Å². The molecule has 1 fully saturated rings. The van der Waals surface area contributed by atoms with Crippen molar-refractivity contribution in [3.63, 3.8) is 0 Å². The highest BCUT2D eigenvalue weighted by Crippen LogP contribution is 2.41. The van der Waals surface area contributed by atoms with Crippen LogP contribution < -0.4 is 10.2 Å². The Kier molecular flexibility index (Phi) is 4.81. The van der Waals surface area contributed by atoms with Gasteiger partial charge in [-0.2, -0.15) is 0 Å². The number of aliphatic hydroxyl groups is 1. The Morgan fingerprint density at radius 2 is 2.29 bits per heavy atom. The zero-order chi connectivity index (χ0) is 14.7. The fourth-order valence-electron chi connectivity index (χ4n) is 3.99. The molecule has 3 rings (SSSR count). The van der Waals surface area contributed by atoms with E-state index in [2.05, 4.69) is 35.3 Å². The summed E-state index contributed by atoms with van der Waals surface area (Å²) in [6.45, 7) is 7.08. The molecule has 1 aromatic rings. The van der Waals surface area contributed by atoms with Crippen LogP contribution in [0.25, 0.3) is 0 Å². The molecule has 0 aromatic heterocycles. The van der Waals surface area contributed by atoms with Gasteiger partial charge in [-0.15, -0.1) is 0 Å². The van der Waals surface area contributed by atoms with Gasteiger partial charge in [-0.3, -0.25) is 0 Å². The predicted molar refractivity (Wildman–Crippen MR) is 87.8 cm³/mol. The zero-order valence-corrected chi connectivity index (χ0v) is 13.1. The van der Waals surface area contributed by atoms with E-state index in [1.54, 1.807) is 0 Å². The topological polar surface area (TPSA) is 35.5 Å². The van der Waals surface area contributed by atoms with Gasteiger partial charge in [0.2, 0.25) is 0 Å². The Morgan fingerprint density at radius 3 is 3.00 bits per heavy atom. The van der Waals surface area contributed by atoms with Gasteiger partial charge in [0.25, 0.3) is 0 Å². The summed E-state index contributed by atoms with van der Waals surface area (Å²) in [6, 6.07) is 6.54. The summed E-state index contributed by atoms with van der Waals surface area (Å²) in [6.07, 6.45) is 5.17. The van der Waals surface area contributed by atoms with Crippen LogP contribution in [0.4, 0.5) is 5.69 Å². The van der Waals surface area contributed by atoms with E-state index in [0.29, 0.717) is 5.92 Å². The second-order valence-electron chi connectivity index (χ2n) is 6.64. The summed E-state index contributed by atoms with van der Waals surface area (Å²) < 4.78 is 0. The highest BCUT2D eigenvalue weighted by molar-refractivity contribution is 5.61. The molecule has 2 aliphatic heterocycles. The molecule has 2 heterocycles. The normalized spacial score (nSPS) is 25.1. The molecule has 0 radical (unpaired) electrons. The number of hydrogen-bond donors (Lipinski definition) is 2. The number of piperidine rings is 1. The molecule has 0 saturated carbocycles. The van der Waals surface area contributed by atoms with Crippen molar-refractivity contribution in [2.24, 2.45) is 5.92 Å². The molecule has 2 unspecified atom stereocenters. The number of nitrogens with zero attached hydrogens (tertiary/aromatic N) is 1. The van der Waals surface area contributed by atoms with Crippen molar-refractivity contribution in [2.45, 2.75) is 45.1 Å². The second-order valence-corrected chi connectivity index (χ2v) is 6.64. The minimum absolute atomic E-state index is 0.152. The summed E-state index contributed by atoms with van der Waals surface area (Å²) in [5.41, 5.74) is 3.93. The van der Waals surface area contributed by atoms with Gasteiger partial charge in [-0.1, -0.05) is 19.1 Å². The number of hydrogen-bond acceptors (Lipinski definition) is 3. The van der Waals surface area contributed by atoms with E-state index in [1.165, 1.54) is 50.0 Å². The van der Waals surface area contributed by atoms with E-state index in [1.807, 2.05) is 0 Å². The molecule has 1 aromatic carbocycles. The van der Waals surface area contributed by atoms with E-state index >= 15 is 0 Å². The third-order valence-electron chi connectivity index (χ3n) is 5.01. The van der Waals surface area contributed by atoms with Crippen LogP contribution in [-0.2, 0) is 6.61 Å². The largest absolute Gasteiger partial charge is 0.392 e. The first-order chi connectivity index (χ1) is 10.3. The minimum atomic E-state index is 0.152. The summed E-state index contributed by atoms with van der Waals surface area (Å²) in [5, 5.41) is 13.0. The lowest BCUT2D eigenvalue weighted by Gasteiger charge is -2.26. The third kappa shape index (κ3) is 3.24. The van der Waals surface area contributed by atoms with Gasteiger partial charge >= 0.3 is 0 Å². The highest BCUT2D eigenvalue weighted by atomic mass is 16.3. The van der Waals surface area contributed by atoms with E-state index in [9.17, 15) is 5.11 Å². The standard InChI is InChI=1S/C18H28N2O/c1-2-8-20-12-16(9-14-4-3-7-19-11-14)17-10-15(13-21)5-6-18(17)20/h5-6,10,14,16,19,21H,2-4,7-9,11-13H2,1H3. The number of nitrogens with one attached hydrogen (secondary N) is 1. The summed E-state index contributed by atoms with van der Waals surface area (Å²) >= 11 is 0. The molecular formula is C18H28N2O. The lowest BCUT2D eigenvalue weighted by atomic mass is 9.86. The quantitative estimate of drug-likeness (QED) is 0.874. The average Bonchev–Trinajstić information content (AvgIpc) is 2.86. The van der Waals surface area contributed by atoms with Gasteiger partial charge in [-0.25, -0.2) is 0 Å². The summed E-state index contributed by atoms with van der Waals surface area (Å²) in [4.78, 5) is 2.54. The first-order valence-corrected chi connectivity index (χ1v) is 8.51. The lowest BCUT2D eigenvalue weighted by molar-refractivity contribution is 0.281. The molecule has 1 saturated heterocycles. The van der Waals surface area contributed by atoms with E-state index < -0.39 is 0 Å². The number of rotatable bonds is 5. The highest BCUT2D eigenvalue weighted by Gasteiger charge is 2.30. The monoisotopic (exact) mass is 288 g/mol. The van der Waals surface area contributed by atoms with Crippen molar-refractivity contribution in [1.82, 2.24) is 5.32 Å². The molecule has 3 heteroatoms. The van der Waals surface area contributed by atoms with Crippen molar-refractivity contribution < 1.29 is 5.11 Å². The lowest BCUT2D eigenvalue weighted by Crippen LogP contribution is -2.31. The molecule has 0 bridgehead atoms. The van der Waals surface area contributed by atoms with Crippen LogP contribution in [0.15, 0.2) is 18.2 Å². The van der Waals surface area contributed by atoms with Gasteiger partial charge in [0, 0.05) is 24.7 Å². The van der Waals surface area contributed by atoms with Crippen LogP contribution in [0, 0.1) is 5.92 Å². The van der Waals surface area contributed by atoms with Gasteiger partial charge < -0.3 is 15.3 Å². The van der Waals surface area contributed by atoms with Gasteiger partial charge in [0.1, 0.15) is 0 Å². The first kappa shape index (κ1) is 14.9. The van der Waals surface area contributed by atoms with Crippen molar-refractivity contribution >= 4 is 5.69 Å². The Hall–Kier alpha value is -1.06. The first-order valence-electron chi connectivity index (χ1n) is 8.51. The van der Waals surface area contributed by atoms with E-state index in [0.717, 1.165) is 24.6 Å². The number of fused-ring (bicyclic) bond motifs is 1. The molecule has 3 nitrogen and oxygen atoms in total. The maximum absolute atomic E-state index is 9.42. The van der Waals surface area contributed by atoms with E-state index in [4.69, 9.17) is 0 Å². The Morgan fingerprint density at radius 1 is 1.38 bits per heavy atom. The van der Waals surface area contributed by atoms with Crippen LogP contribution in [-0.4, -0.2) is 31.3 Å². The smallest absolute Gasteiger partial charge is 0.0681 e. The van der Waals surface area contributed by atoms with Crippen LogP contribution in [0.2, 0.25) is 0 Å². The Labute approximate surface area is 128 Å². The van der Waals surface area contributed by atoms with Gasteiger partial charge in [-0.05, 0) is 61.9 Å². The molecule has 21 heavy (non-hydrogen) atoms. The van der Waals surface area contributed by atoms with Crippen LogP contribution in [0.3, 0.4) is 0 Å². The second kappa shape index (κ2) is 6.80. The van der Waals surface area contributed by atoms with Crippen molar-refractivity contribution in [3.05, 3.63) is 29.3 Å². The van der Waals surface area contributed by atoms with Crippen LogP contribution in [0.1, 0.15) is 49.7 Å². The average molecular weight is 288 g/mol. The van der Waals surface area contributed by atoms with E-state index in [-0.39, 0.29) is 6.61 Å². The van der Waals surface area contributed by atoms with Crippen molar-refractivity contribution in [1.29, 1.82) is 0 Å². The fraction of sp³-hybridized carbons (Fsp3) is 0.667. The maximum atomic E-state index is 9.42. The Bertz CT molecular complexity index is 468. The van der Waals surface area contributed by atoms with Crippen LogP contribution in [0.5, 0.6) is 0 Å². The molecule has 2 aliphatic rings. The molecule has 116 valence electrons. The Balaban J connectivity index is 1.78. The molecule has 0 amide bonds. The summed E-state index contributed by atoms with van der Waals surface area (Å²) in [5.74, 6) is 1.46. The maximum Gasteiger partial charge on any atom is 0.0681 e.